The van der Waals surface area contributed by atoms with E-state index in [1.54, 1.807) is 12.3 Å². The van der Waals surface area contributed by atoms with E-state index in [9.17, 15) is 0 Å². The smallest absolute Gasteiger partial charge is 0.131 e. The van der Waals surface area contributed by atoms with Gasteiger partial charge in [0.1, 0.15) is 5.82 Å². The van der Waals surface area contributed by atoms with Gasteiger partial charge in [0.25, 0.3) is 0 Å². The molecule has 0 fully saturated rings. The van der Waals surface area contributed by atoms with Gasteiger partial charge in [-0.2, -0.15) is 0 Å². The third-order valence-electron chi connectivity index (χ3n) is 0.977. The summed E-state index contributed by atoms with van der Waals surface area (Å²) in [6, 6.07) is 0. The lowest BCUT2D eigenvalue weighted by Crippen LogP contribution is -1.79. The van der Waals surface area contributed by atoms with Gasteiger partial charge in [0.05, 0.1) is 0 Å². The summed E-state index contributed by atoms with van der Waals surface area (Å²) in [6.45, 7) is 1.95. The Labute approximate surface area is 53.6 Å². The number of aromatic nitrogens is 2. The van der Waals surface area contributed by atoms with Gasteiger partial charge in [-0.05, 0) is 19.2 Å². The van der Waals surface area contributed by atoms with Crippen LogP contribution in [0.2, 0.25) is 0 Å². The van der Waals surface area contributed by atoms with E-state index in [2.05, 4.69) is 9.97 Å². The van der Waals surface area contributed by atoms with Crippen molar-refractivity contribution in [3.05, 3.63) is 23.9 Å². The number of nitrogens with zero attached hydrogens (tertiary/aromatic N) is 1. The monoisotopic (exact) mass is 123 g/mol. The second-order valence-electron chi connectivity index (χ2n) is 1.81. The first-order valence-corrected chi connectivity index (χ1v) is 2.73. The number of imidazole rings is 1. The molecule has 0 aromatic carbocycles. The predicted molar refractivity (Wildman–Crippen MR) is 36.5 cm³/mol. The summed E-state index contributed by atoms with van der Waals surface area (Å²) in [7, 11) is 0. The van der Waals surface area contributed by atoms with Gasteiger partial charge in [0.2, 0.25) is 0 Å². The minimum Gasteiger partial charge on any atom is -0.404 e. The van der Waals surface area contributed by atoms with E-state index in [0.717, 1.165) is 11.5 Å². The van der Waals surface area contributed by atoms with Crippen LogP contribution in [-0.4, -0.2) is 9.97 Å². The molecule has 0 aliphatic carbocycles. The Hall–Kier alpha value is -1.25. The van der Waals surface area contributed by atoms with Crippen LogP contribution >= 0.6 is 0 Å². The normalized spacial score (nSPS) is 10.8. The fraction of sp³-hybridized carbons (Fsp3) is 0.167. The van der Waals surface area contributed by atoms with E-state index in [0.29, 0.717) is 0 Å². The lowest BCUT2D eigenvalue weighted by atomic mass is 10.6. The van der Waals surface area contributed by atoms with E-state index in [-0.39, 0.29) is 0 Å². The molecule has 0 atom stereocenters. The molecule has 1 heterocycles. The molecule has 0 amide bonds. The zero-order valence-corrected chi connectivity index (χ0v) is 5.26. The van der Waals surface area contributed by atoms with E-state index in [4.69, 9.17) is 5.73 Å². The van der Waals surface area contributed by atoms with Crippen molar-refractivity contribution in [3.8, 4) is 0 Å². The van der Waals surface area contributed by atoms with E-state index < -0.39 is 0 Å². The highest BCUT2D eigenvalue weighted by Crippen LogP contribution is 1.94. The Morgan fingerprint density at radius 1 is 1.78 bits per heavy atom. The molecule has 3 heteroatoms. The molecule has 48 valence electrons. The van der Waals surface area contributed by atoms with Crippen molar-refractivity contribution in [2.75, 3.05) is 0 Å². The van der Waals surface area contributed by atoms with Gasteiger partial charge in [-0.1, -0.05) is 0 Å². The number of aryl methyl sites for hydroxylation is 1. The van der Waals surface area contributed by atoms with Crippen molar-refractivity contribution >= 4 is 6.08 Å². The van der Waals surface area contributed by atoms with Gasteiger partial charge in [-0.25, -0.2) is 4.98 Å². The number of nitrogens with two attached hydrogens (primary N) is 1. The Kier molecular flexibility index (Phi) is 1.53. The molecule has 1 rings (SSSR count). The van der Waals surface area contributed by atoms with E-state index in [1.165, 1.54) is 6.20 Å². The lowest BCUT2D eigenvalue weighted by molar-refractivity contribution is 1.22. The van der Waals surface area contributed by atoms with Crippen LogP contribution in [0.25, 0.3) is 6.08 Å². The molecule has 0 saturated heterocycles. The minimum atomic E-state index is 0.801. The summed E-state index contributed by atoms with van der Waals surface area (Å²) < 4.78 is 0. The van der Waals surface area contributed by atoms with Crippen LogP contribution in [0.4, 0.5) is 0 Å². The molecule has 0 bridgehead atoms. The molecule has 3 nitrogen and oxygen atoms in total. The van der Waals surface area contributed by atoms with Crippen molar-refractivity contribution in [3.63, 3.8) is 0 Å². The fourth-order valence-electron chi connectivity index (χ4n) is 0.609. The first-order chi connectivity index (χ1) is 4.33. The molecule has 0 saturated carbocycles. The second-order valence-corrected chi connectivity index (χ2v) is 1.81. The van der Waals surface area contributed by atoms with Crippen molar-refractivity contribution in [1.29, 1.82) is 0 Å². The van der Waals surface area contributed by atoms with E-state index >= 15 is 0 Å². The zero-order chi connectivity index (χ0) is 6.69. The predicted octanol–water partition coefficient (Wildman–Crippen LogP) is 0.648. The van der Waals surface area contributed by atoms with Crippen molar-refractivity contribution < 1.29 is 0 Å². The summed E-state index contributed by atoms with van der Waals surface area (Å²) in [6.07, 6.45) is 4.93. The molecule has 0 unspecified atom stereocenters. The quantitative estimate of drug-likeness (QED) is 0.576. The highest BCUT2D eigenvalue weighted by atomic mass is 14.9. The number of H-pyrrole nitrogens is 1. The van der Waals surface area contributed by atoms with Crippen molar-refractivity contribution in [2.45, 2.75) is 6.92 Å². The van der Waals surface area contributed by atoms with Gasteiger partial charge in [-0.15, -0.1) is 0 Å². The summed E-state index contributed by atoms with van der Waals surface area (Å²) in [5.74, 6) is 0.801. The molecule has 1 aromatic rings. The zero-order valence-electron chi connectivity index (χ0n) is 5.26. The molecule has 0 spiro atoms. The van der Waals surface area contributed by atoms with Gasteiger partial charge >= 0.3 is 0 Å². The standard InChI is InChI=1S/C6H9N3/c1-5-4-8-6(9-5)2-3-7/h2-4H,7H2,1H3,(H,8,9)/b3-2-. The maximum atomic E-state index is 5.13. The van der Waals surface area contributed by atoms with Crippen LogP contribution in [0.5, 0.6) is 0 Å². The molecule has 3 N–H and O–H groups in total. The fourth-order valence-corrected chi connectivity index (χ4v) is 0.609. The third-order valence-corrected chi connectivity index (χ3v) is 0.977. The molecule has 0 aliphatic heterocycles. The Morgan fingerprint density at radius 2 is 2.56 bits per heavy atom. The topological polar surface area (TPSA) is 54.7 Å². The minimum absolute atomic E-state index is 0.801. The van der Waals surface area contributed by atoms with Crippen LogP contribution in [0.1, 0.15) is 11.5 Å². The van der Waals surface area contributed by atoms with Crippen molar-refractivity contribution in [2.24, 2.45) is 5.73 Å². The van der Waals surface area contributed by atoms with Crippen molar-refractivity contribution in [1.82, 2.24) is 9.97 Å². The summed E-state index contributed by atoms with van der Waals surface area (Å²) in [5.41, 5.74) is 6.17. The number of aromatic amines is 1. The van der Waals surface area contributed by atoms with Gasteiger partial charge in [-0.3, -0.25) is 0 Å². The van der Waals surface area contributed by atoms with Gasteiger partial charge in [0, 0.05) is 11.9 Å². The summed E-state index contributed by atoms with van der Waals surface area (Å²) in [5, 5.41) is 0. The molecule has 9 heavy (non-hydrogen) atoms. The largest absolute Gasteiger partial charge is 0.404 e. The van der Waals surface area contributed by atoms with Crippen LogP contribution in [-0.2, 0) is 0 Å². The second kappa shape index (κ2) is 2.35. The average molecular weight is 123 g/mol. The van der Waals surface area contributed by atoms with E-state index in [1.807, 2.05) is 6.92 Å². The molecule has 0 aliphatic rings. The number of hydrogen-bond acceptors (Lipinski definition) is 2. The SMILES string of the molecule is Cc1cnc(/C=C\N)[nH]1. The highest BCUT2D eigenvalue weighted by molar-refractivity contribution is 5.38. The Bertz CT molecular complexity index is 212. The Balaban J connectivity index is 2.85. The van der Waals surface area contributed by atoms with Crippen LogP contribution in [0.15, 0.2) is 12.4 Å². The molecule has 0 radical (unpaired) electrons. The maximum Gasteiger partial charge on any atom is 0.131 e. The first kappa shape index (κ1) is 5.88. The maximum absolute atomic E-state index is 5.13. The third kappa shape index (κ3) is 1.32. The first-order valence-electron chi connectivity index (χ1n) is 2.73. The summed E-state index contributed by atoms with van der Waals surface area (Å²) in [4.78, 5) is 6.98. The number of hydrogen-bond donors (Lipinski definition) is 2. The van der Waals surface area contributed by atoms with Gasteiger partial charge in [0.15, 0.2) is 0 Å². The lowest BCUT2D eigenvalue weighted by Gasteiger charge is -1.79. The molecular weight excluding hydrogens is 114 g/mol. The Morgan fingerprint density at radius 3 is 3.00 bits per heavy atom. The van der Waals surface area contributed by atoms with Crippen LogP contribution in [0.3, 0.4) is 0 Å². The number of rotatable bonds is 1. The number of nitrogens with one attached hydrogen (secondary N) is 1. The van der Waals surface area contributed by atoms with Crippen LogP contribution in [0, 0.1) is 6.92 Å². The molecule has 1 aromatic heterocycles. The summed E-state index contributed by atoms with van der Waals surface area (Å²) >= 11 is 0. The average Bonchev–Trinajstić information content (AvgIpc) is 2.17. The van der Waals surface area contributed by atoms with Gasteiger partial charge < -0.3 is 10.7 Å². The highest BCUT2D eigenvalue weighted by Gasteiger charge is 1.87. The molecular formula is C6H9N3. The van der Waals surface area contributed by atoms with Crippen LogP contribution < -0.4 is 5.73 Å².